The lowest BCUT2D eigenvalue weighted by Gasteiger charge is -2.16. The number of aromatic nitrogens is 4. The summed E-state index contributed by atoms with van der Waals surface area (Å²) in [6.45, 7) is -0.678. The summed E-state index contributed by atoms with van der Waals surface area (Å²) in [5.41, 5.74) is -1.71. The second-order valence-electron chi connectivity index (χ2n) is 5.09. The van der Waals surface area contributed by atoms with E-state index in [0.29, 0.717) is 0 Å². The van der Waals surface area contributed by atoms with Crippen LogP contribution in [0.3, 0.4) is 0 Å². The van der Waals surface area contributed by atoms with E-state index in [1.165, 1.54) is 0 Å². The Hall–Kier alpha value is -1.86. The number of ether oxygens (including phenoxy) is 1. The van der Waals surface area contributed by atoms with Crippen molar-refractivity contribution in [1.29, 1.82) is 0 Å². The zero-order valence-electron chi connectivity index (χ0n) is 11.8. The van der Waals surface area contributed by atoms with Crippen molar-refractivity contribution in [2.75, 3.05) is 6.61 Å². The molecule has 3 rings (SSSR count). The maximum atomic E-state index is 11.6. The molecule has 1 saturated heterocycles. The van der Waals surface area contributed by atoms with Crippen LogP contribution < -0.4 is 11.2 Å². The number of imidazole rings is 1. The van der Waals surface area contributed by atoms with Gasteiger partial charge in [0.25, 0.3) is 5.56 Å². The molecule has 0 amide bonds. The fourth-order valence-electron chi connectivity index (χ4n) is 2.41. The first kappa shape index (κ1) is 17.0. The third-order valence-corrected chi connectivity index (χ3v) is 3.97. The van der Waals surface area contributed by atoms with Crippen molar-refractivity contribution in [3.8, 4) is 0 Å². The fraction of sp³-hybridized carbons (Fsp3) is 0.500. The average molecular weight is 364 g/mol. The third kappa shape index (κ3) is 3.06. The molecule has 13 nitrogen and oxygen atoms in total. The van der Waals surface area contributed by atoms with Crippen LogP contribution in [0.15, 0.2) is 15.9 Å². The Balaban J connectivity index is 1.92. The van der Waals surface area contributed by atoms with E-state index in [4.69, 9.17) is 14.5 Å². The predicted molar refractivity (Wildman–Crippen MR) is 74.9 cm³/mol. The minimum absolute atomic E-state index is 0.0449. The second kappa shape index (κ2) is 5.89. The molecule has 132 valence electrons. The van der Waals surface area contributed by atoms with Gasteiger partial charge in [0, 0.05) is 0 Å². The van der Waals surface area contributed by atoms with Crippen LogP contribution in [0, 0.1) is 0 Å². The highest BCUT2D eigenvalue weighted by Gasteiger charge is 2.45. The summed E-state index contributed by atoms with van der Waals surface area (Å²) in [6.07, 6.45) is -4.43. The van der Waals surface area contributed by atoms with Crippen LogP contribution in [0.5, 0.6) is 0 Å². The van der Waals surface area contributed by atoms with E-state index in [0.717, 1.165) is 10.9 Å². The molecule has 2 unspecified atom stereocenters. The van der Waals surface area contributed by atoms with Gasteiger partial charge in [0.2, 0.25) is 0 Å². The molecule has 0 bridgehead atoms. The molecular weight excluding hydrogens is 351 g/mol. The molecule has 0 saturated carbocycles. The molecule has 1 fully saturated rings. The number of hydrogen-bond donors (Lipinski definition) is 6. The smallest absolute Gasteiger partial charge is 0.387 e. The Morgan fingerprint density at radius 2 is 2.00 bits per heavy atom. The van der Waals surface area contributed by atoms with Crippen LogP contribution in [0.2, 0.25) is 0 Å². The molecule has 0 aliphatic carbocycles. The van der Waals surface area contributed by atoms with Gasteiger partial charge in [-0.1, -0.05) is 0 Å². The monoisotopic (exact) mass is 364 g/mol. The molecular formula is C10H13N4O9P. The maximum absolute atomic E-state index is 11.6. The van der Waals surface area contributed by atoms with Crippen LogP contribution in [-0.2, 0) is 13.8 Å². The summed E-state index contributed by atoms with van der Waals surface area (Å²) in [7, 11) is -4.78. The number of nitrogens with zero attached hydrogens (tertiary/aromatic N) is 2. The van der Waals surface area contributed by atoms with Gasteiger partial charge in [-0.3, -0.25) is 23.9 Å². The number of phosphoric ester groups is 1. The predicted octanol–water partition coefficient (Wildman–Crippen LogP) is -2.86. The van der Waals surface area contributed by atoms with Gasteiger partial charge in [0.1, 0.15) is 24.0 Å². The van der Waals surface area contributed by atoms with E-state index >= 15 is 0 Å². The molecule has 6 N–H and O–H groups in total. The molecule has 2 aromatic rings. The van der Waals surface area contributed by atoms with Gasteiger partial charge >= 0.3 is 13.5 Å². The number of nitrogens with one attached hydrogen (secondary N) is 2. The van der Waals surface area contributed by atoms with Gasteiger partial charge < -0.3 is 24.7 Å². The van der Waals surface area contributed by atoms with Crippen LogP contribution in [0.4, 0.5) is 0 Å². The normalized spacial score (nSPS) is 27.8. The van der Waals surface area contributed by atoms with Crippen molar-refractivity contribution >= 4 is 19.0 Å². The standard InChI is InChI=1S/C10H13N4O9P/c15-5-3(1-22-24(19,20)21)23-9(6(5)16)14-2-11-4-7(14)12-10(18)13-8(4)17/h2-3,5-6,9,15-16H,1H2,(H2,19,20,21)(H2,12,13,17,18)/t3-,5?,6?,9-/m0/s1. The maximum Gasteiger partial charge on any atom is 0.469 e. The minimum atomic E-state index is -4.78. The highest BCUT2D eigenvalue weighted by atomic mass is 31.2. The molecule has 2 aromatic heterocycles. The second-order valence-corrected chi connectivity index (χ2v) is 6.33. The number of aliphatic hydroxyl groups excluding tert-OH is 2. The number of aliphatic hydroxyl groups is 2. The molecule has 0 radical (unpaired) electrons. The zero-order valence-corrected chi connectivity index (χ0v) is 12.7. The largest absolute Gasteiger partial charge is 0.469 e. The van der Waals surface area contributed by atoms with E-state index in [-0.39, 0.29) is 11.2 Å². The Bertz CT molecular complexity index is 913. The lowest BCUT2D eigenvalue weighted by Crippen LogP contribution is -2.33. The Morgan fingerprint density at radius 3 is 2.67 bits per heavy atom. The number of fused-ring (bicyclic) bond motifs is 1. The van der Waals surface area contributed by atoms with Crippen molar-refractivity contribution in [3.63, 3.8) is 0 Å². The number of hydrogen-bond acceptors (Lipinski definition) is 8. The fourth-order valence-corrected chi connectivity index (χ4v) is 2.75. The van der Waals surface area contributed by atoms with Gasteiger partial charge in [-0.25, -0.2) is 14.3 Å². The van der Waals surface area contributed by atoms with E-state index in [9.17, 15) is 24.4 Å². The Kier molecular flexibility index (Phi) is 4.17. The van der Waals surface area contributed by atoms with Gasteiger partial charge in [-0.2, -0.15) is 0 Å². The van der Waals surface area contributed by atoms with Crippen molar-refractivity contribution in [2.45, 2.75) is 24.5 Å². The Labute approximate surface area is 131 Å². The number of aromatic amines is 2. The SMILES string of the molecule is O=c1[nH]c(=O)c2ncn([C@H]3O[C@@H](COP(=O)(O)O)C(O)C3O)c2[nH]1. The zero-order chi connectivity index (χ0) is 17.6. The quantitative estimate of drug-likeness (QED) is 0.307. The first-order chi connectivity index (χ1) is 11.2. The lowest BCUT2D eigenvalue weighted by molar-refractivity contribution is -0.0504. The van der Waals surface area contributed by atoms with E-state index in [2.05, 4.69) is 14.5 Å². The molecule has 0 spiro atoms. The first-order valence-electron chi connectivity index (χ1n) is 6.58. The first-order valence-corrected chi connectivity index (χ1v) is 8.11. The van der Waals surface area contributed by atoms with Gasteiger partial charge in [0.05, 0.1) is 12.9 Å². The average Bonchev–Trinajstić information content (AvgIpc) is 3.00. The molecule has 4 atom stereocenters. The van der Waals surface area contributed by atoms with Crippen molar-refractivity contribution in [2.24, 2.45) is 0 Å². The highest BCUT2D eigenvalue weighted by Crippen LogP contribution is 2.38. The van der Waals surface area contributed by atoms with Crippen LogP contribution >= 0.6 is 7.82 Å². The number of rotatable bonds is 4. The summed E-state index contributed by atoms with van der Waals surface area (Å²) >= 11 is 0. The van der Waals surface area contributed by atoms with Crippen molar-refractivity contribution in [1.82, 2.24) is 19.5 Å². The van der Waals surface area contributed by atoms with E-state index in [1.54, 1.807) is 0 Å². The molecule has 0 aromatic carbocycles. The summed E-state index contributed by atoms with van der Waals surface area (Å²) in [5, 5.41) is 20.0. The molecule has 3 heterocycles. The van der Waals surface area contributed by atoms with E-state index in [1.807, 2.05) is 4.98 Å². The van der Waals surface area contributed by atoms with Crippen molar-refractivity contribution < 1.29 is 33.8 Å². The Morgan fingerprint density at radius 1 is 1.29 bits per heavy atom. The summed E-state index contributed by atoms with van der Waals surface area (Å²) < 4.78 is 21.4. The molecule has 24 heavy (non-hydrogen) atoms. The summed E-state index contributed by atoms with van der Waals surface area (Å²) in [5.74, 6) is 0. The van der Waals surface area contributed by atoms with E-state index < -0.39 is 50.2 Å². The number of phosphoric acid groups is 1. The topological polar surface area (TPSA) is 200 Å². The van der Waals surface area contributed by atoms with Gasteiger partial charge in [-0.05, 0) is 0 Å². The molecule has 1 aliphatic rings. The highest BCUT2D eigenvalue weighted by molar-refractivity contribution is 7.46. The lowest BCUT2D eigenvalue weighted by atomic mass is 10.1. The molecule has 14 heteroatoms. The summed E-state index contributed by atoms with van der Waals surface area (Å²) in [4.78, 5) is 48.5. The number of H-pyrrole nitrogens is 2. The third-order valence-electron chi connectivity index (χ3n) is 3.49. The molecule has 1 aliphatic heterocycles. The van der Waals surface area contributed by atoms with Crippen LogP contribution in [-0.4, -0.2) is 64.4 Å². The summed E-state index contributed by atoms with van der Waals surface area (Å²) in [6, 6.07) is 0. The van der Waals surface area contributed by atoms with Gasteiger partial charge in [-0.15, -0.1) is 0 Å². The van der Waals surface area contributed by atoms with Crippen LogP contribution in [0.25, 0.3) is 11.2 Å². The van der Waals surface area contributed by atoms with Crippen molar-refractivity contribution in [3.05, 3.63) is 27.2 Å². The minimum Gasteiger partial charge on any atom is -0.387 e. The van der Waals surface area contributed by atoms with Crippen LogP contribution in [0.1, 0.15) is 6.23 Å². The van der Waals surface area contributed by atoms with Gasteiger partial charge in [0.15, 0.2) is 11.7 Å².